The molecule has 1 aliphatic rings. The lowest BCUT2D eigenvalue weighted by Crippen LogP contribution is -2.31. The van der Waals surface area contributed by atoms with Gasteiger partial charge in [-0.05, 0) is 6.08 Å². The molecule has 1 unspecified atom stereocenters. The smallest absolute Gasteiger partial charge is 0.381 e. The zero-order chi connectivity index (χ0) is 10.8. The third kappa shape index (κ3) is 1.78. The number of ether oxygens (including phenoxy) is 1. The first-order valence-electron chi connectivity index (χ1n) is 3.81. The van der Waals surface area contributed by atoms with Crippen molar-refractivity contribution in [3.05, 3.63) is 33.9 Å². The van der Waals surface area contributed by atoms with Gasteiger partial charge in [0.15, 0.2) is 0 Å². The molecule has 76 valence electrons. The van der Waals surface area contributed by atoms with Crippen molar-refractivity contribution in [1.82, 2.24) is 0 Å². The second-order valence-electron chi connectivity index (χ2n) is 2.76. The number of carbonyl (C=O) groups is 1. The van der Waals surface area contributed by atoms with Gasteiger partial charge < -0.3 is 4.74 Å². The van der Waals surface area contributed by atoms with Crippen molar-refractivity contribution in [1.29, 1.82) is 0 Å². The minimum atomic E-state index is -2.60. The molecule has 0 bridgehead atoms. The van der Waals surface area contributed by atoms with Crippen LogP contribution in [0, 0.1) is 10.1 Å². The Morgan fingerprint density at radius 3 is 2.79 bits per heavy atom. The maximum absolute atomic E-state index is 13.3. The first-order valence-corrected chi connectivity index (χ1v) is 3.81. The van der Waals surface area contributed by atoms with Crippen molar-refractivity contribution in [2.75, 3.05) is 7.11 Å². The van der Waals surface area contributed by atoms with Gasteiger partial charge in [-0.15, -0.1) is 0 Å². The molecule has 0 heterocycles. The number of carbonyl (C=O) groups excluding carboxylic acids is 1. The Bertz CT molecular complexity index is 336. The molecule has 5 nitrogen and oxygen atoms in total. The number of esters is 1. The van der Waals surface area contributed by atoms with Crippen LogP contribution in [0.1, 0.15) is 6.42 Å². The van der Waals surface area contributed by atoms with Crippen molar-refractivity contribution in [2.45, 2.75) is 12.2 Å². The van der Waals surface area contributed by atoms with Gasteiger partial charge in [-0.25, -0.2) is 4.79 Å². The van der Waals surface area contributed by atoms with E-state index in [0.717, 1.165) is 18.2 Å². The highest BCUT2D eigenvalue weighted by molar-refractivity contribution is 5.91. The van der Waals surface area contributed by atoms with Gasteiger partial charge in [-0.1, -0.05) is 6.08 Å². The van der Waals surface area contributed by atoms with Crippen LogP contribution in [0.15, 0.2) is 23.8 Å². The van der Waals surface area contributed by atoms with Crippen molar-refractivity contribution < 1.29 is 18.8 Å². The summed E-state index contributed by atoms with van der Waals surface area (Å²) in [4.78, 5) is 20.1. The molecule has 0 N–H and O–H groups in total. The van der Waals surface area contributed by atoms with Gasteiger partial charge in [0.2, 0.25) is 0 Å². The molecule has 0 fully saturated rings. The molecule has 0 spiro atoms. The largest absolute Gasteiger partial charge is 0.465 e. The van der Waals surface area contributed by atoms with E-state index < -0.39 is 23.1 Å². The number of alkyl halides is 1. The summed E-state index contributed by atoms with van der Waals surface area (Å²) in [5.41, 5.74) is 0.127. The van der Waals surface area contributed by atoms with Crippen LogP contribution in [0.2, 0.25) is 0 Å². The molecule has 14 heavy (non-hydrogen) atoms. The van der Waals surface area contributed by atoms with Gasteiger partial charge in [0, 0.05) is 6.08 Å². The predicted octanol–water partition coefficient (Wildman–Crippen LogP) is 0.988. The zero-order valence-corrected chi connectivity index (χ0v) is 7.40. The monoisotopic (exact) mass is 201 g/mol. The van der Waals surface area contributed by atoms with Gasteiger partial charge in [0.25, 0.3) is 0 Å². The van der Waals surface area contributed by atoms with Crippen molar-refractivity contribution in [2.24, 2.45) is 0 Å². The van der Waals surface area contributed by atoms with E-state index in [1.54, 1.807) is 0 Å². The second-order valence-corrected chi connectivity index (χ2v) is 2.76. The Morgan fingerprint density at radius 1 is 1.79 bits per heavy atom. The van der Waals surface area contributed by atoms with E-state index in [1.807, 2.05) is 0 Å². The summed E-state index contributed by atoms with van der Waals surface area (Å²) < 4.78 is 17.6. The SMILES string of the molecule is COC(=O)C1=CCC(F)([N+](=O)[O-])C=C1. The number of hydrogen-bond acceptors (Lipinski definition) is 4. The lowest BCUT2D eigenvalue weighted by molar-refractivity contribution is -0.588. The van der Waals surface area contributed by atoms with E-state index in [2.05, 4.69) is 4.74 Å². The average Bonchev–Trinajstić information content (AvgIpc) is 2.17. The van der Waals surface area contributed by atoms with Crippen LogP contribution >= 0.6 is 0 Å². The Balaban J connectivity index is 2.80. The fourth-order valence-corrected chi connectivity index (χ4v) is 1.01. The fourth-order valence-electron chi connectivity index (χ4n) is 1.01. The predicted molar refractivity (Wildman–Crippen MR) is 44.7 cm³/mol. The Morgan fingerprint density at radius 2 is 2.43 bits per heavy atom. The third-order valence-electron chi connectivity index (χ3n) is 1.85. The number of halogens is 1. The first kappa shape index (κ1) is 10.4. The van der Waals surface area contributed by atoms with Crippen LogP contribution in [0.3, 0.4) is 0 Å². The van der Waals surface area contributed by atoms with E-state index in [4.69, 9.17) is 0 Å². The van der Waals surface area contributed by atoms with E-state index in [9.17, 15) is 19.3 Å². The van der Waals surface area contributed by atoms with E-state index in [1.165, 1.54) is 7.11 Å². The molecular formula is C8H8FNO4. The van der Waals surface area contributed by atoms with Crippen LogP contribution in [-0.2, 0) is 9.53 Å². The molecule has 0 aromatic heterocycles. The molecule has 1 aliphatic carbocycles. The lowest BCUT2D eigenvalue weighted by atomic mass is 10.0. The first-order chi connectivity index (χ1) is 6.49. The van der Waals surface area contributed by atoms with Gasteiger partial charge >= 0.3 is 11.8 Å². The summed E-state index contributed by atoms with van der Waals surface area (Å²) in [6.45, 7) is 0. The minimum absolute atomic E-state index is 0.127. The molecular weight excluding hydrogens is 193 g/mol. The van der Waals surface area contributed by atoms with Gasteiger partial charge in [-0.2, -0.15) is 4.39 Å². The highest BCUT2D eigenvalue weighted by Gasteiger charge is 2.41. The van der Waals surface area contributed by atoms with Crippen LogP contribution in [0.4, 0.5) is 4.39 Å². The summed E-state index contributed by atoms with van der Waals surface area (Å²) in [7, 11) is 1.18. The number of hydrogen-bond donors (Lipinski definition) is 0. The molecule has 1 atom stereocenters. The van der Waals surface area contributed by atoms with Gasteiger partial charge in [0.1, 0.15) is 0 Å². The lowest BCUT2D eigenvalue weighted by Gasteiger charge is -2.14. The van der Waals surface area contributed by atoms with E-state index in [-0.39, 0.29) is 5.57 Å². The Labute approximate surface area is 79.0 Å². The molecule has 0 aromatic carbocycles. The van der Waals surface area contributed by atoms with Crippen LogP contribution in [-0.4, -0.2) is 23.8 Å². The van der Waals surface area contributed by atoms with Crippen LogP contribution in [0.5, 0.6) is 0 Å². The molecule has 6 heteroatoms. The summed E-state index contributed by atoms with van der Waals surface area (Å²) >= 11 is 0. The summed E-state index contributed by atoms with van der Waals surface area (Å²) in [5.74, 6) is -3.23. The highest BCUT2D eigenvalue weighted by atomic mass is 19.1. The van der Waals surface area contributed by atoms with Crippen molar-refractivity contribution in [3.8, 4) is 0 Å². The maximum atomic E-state index is 13.3. The molecule has 0 amide bonds. The fraction of sp³-hybridized carbons (Fsp3) is 0.375. The molecule has 0 radical (unpaired) electrons. The number of rotatable bonds is 2. The molecule has 0 aromatic rings. The second kappa shape index (κ2) is 3.57. The maximum Gasteiger partial charge on any atom is 0.381 e. The van der Waals surface area contributed by atoms with Crippen molar-refractivity contribution in [3.63, 3.8) is 0 Å². The Hall–Kier alpha value is -1.72. The summed E-state index contributed by atoms with van der Waals surface area (Å²) in [5, 5.41) is 10.3. The standard InChI is InChI=1S/C8H8FNO4/c1-14-7(11)6-2-4-8(9,5-3-6)10(12)13/h2-4H,5H2,1H3. The third-order valence-corrected chi connectivity index (χ3v) is 1.85. The van der Waals surface area contributed by atoms with Crippen molar-refractivity contribution >= 4 is 5.97 Å². The normalized spacial score (nSPS) is 25.4. The highest BCUT2D eigenvalue weighted by Crippen LogP contribution is 2.25. The average molecular weight is 201 g/mol. The molecule has 0 saturated heterocycles. The number of methoxy groups -OCH3 is 1. The molecule has 1 rings (SSSR count). The summed E-state index contributed by atoms with van der Waals surface area (Å²) in [6.07, 6.45) is 2.49. The summed E-state index contributed by atoms with van der Waals surface area (Å²) in [6, 6.07) is 0. The number of nitrogens with zero attached hydrogens (tertiary/aromatic N) is 1. The molecule has 0 saturated carbocycles. The van der Waals surface area contributed by atoms with Gasteiger partial charge in [-0.3, -0.25) is 10.1 Å². The Kier molecular flexibility index (Phi) is 2.64. The minimum Gasteiger partial charge on any atom is -0.465 e. The van der Waals surface area contributed by atoms with E-state index >= 15 is 0 Å². The van der Waals surface area contributed by atoms with Gasteiger partial charge in [0.05, 0.1) is 24.0 Å². The van der Waals surface area contributed by atoms with Crippen LogP contribution < -0.4 is 0 Å². The topological polar surface area (TPSA) is 69.4 Å². The molecule has 0 aliphatic heterocycles. The van der Waals surface area contributed by atoms with E-state index in [0.29, 0.717) is 0 Å². The van der Waals surface area contributed by atoms with Crippen LogP contribution in [0.25, 0.3) is 0 Å². The quantitative estimate of drug-likeness (QED) is 0.289. The number of nitro groups is 1. The zero-order valence-electron chi connectivity index (χ0n) is 7.40.